The van der Waals surface area contributed by atoms with E-state index in [4.69, 9.17) is 23.2 Å². The van der Waals surface area contributed by atoms with Crippen molar-refractivity contribution >= 4 is 50.7 Å². The van der Waals surface area contributed by atoms with E-state index in [1.54, 1.807) is 25.1 Å². The summed E-state index contributed by atoms with van der Waals surface area (Å²) in [5.74, 6) is -1.48. The lowest BCUT2D eigenvalue weighted by atomic mass is 10.1. The number of benzene rings is 2. The van der Waals surface area contributed by atoms with Gasteiger partial charge in [-0.15, -0.1) is 0 Å². The van der Waals surface area contributed by atoms with Gasteiger partial charge in [0.1, 0.15) is 18.4 Å². The molecule has 7 nitrogen and oxygen atoms in total. The highest BCUT2D eigenvalue weighted by atomic mass is 35.5. The van der Waals surface area contributed by atoms with Crippen LogP contribution in [-0.2, 0) is 26.2 Å². The van der Waals surface area contributed by atoms with Crippen molar-refractivity contribution in [1.29, 1.82) is 0 Å². The van der Waals surface area contributed by atoms with Crippen molar-refractivity contribution in [3.05, 3.63) is 63.9 Å². The lowest BCUT2D eigenvalue weighted by molar-refractivity contribution is -0.140. The van der Waals surface area contributed by atoms with E-state index in [0.717, 1.165) is 22.7 Å². The molecular weight excluding hydrogens is 516 g/mol. The first-order valence-electron chi connectivity index (χ1n) is 11.1. The minimum Gasteiger partial charge on any atom is -0.352 e. The fourth-order valence-corrected chi connectivity index (χ4v) is 4.59. The summed E-state index contributed by atoms with van der Waals surface area (Å²) < 4.78 is 39.3. The Bertz CT molecular complexity index is 1150. The number of anilines is 1. The maximum atomic E-state index is 13.6. The Kier molecular flexibility index (Phi) is 10.4. The topological polar surface area (TPSA) is 86.8 Å². The van der Waals surface area contributed by atoms with Crippen molar-refractivity contribution in [2.45, 2.75) is 52.2 Å². The molecule has 0 aliphatic heterocycles. The van der Waals surface area contributed by atoms with Crippen LogP contribution in [0.4, 0.5) is 10.1 Å². The van der Waals surface area contributed by atoms with Crippen LogP contribution in [0.3, 0.4) is 0 Å². The van der Waals surface area contributed by atoms with Gasteiger partial charge in [-0.1, -0.05) is 43.1 Å². The summed E-state index contributed by atoms with van der Waals surface area (Å²) in [6.45, 7) is 4.99. The summed E-state index contributed by atoms with van der Waals surface area (Å²) in [4.78, 5) is 28.0. The minimum absolute atomic E-state index is 0.00315. The summed E-state index contributed by atoms with van der Waals surface area (Å²) in [6.07, 6.45) is 1.96. The van der Waals surface area contributed by atoms with E-state index in [2.05, 4.69) is 5.32 Å². The molecule has 35 heavy (non-hydrogen) atoms. The third-order valence-electron chi connectivity index (χ3n) is 5.52. The minimum atomic E-state index is -3.90. The monoisotopic (exact) mass is 545 g/mol. The molecule has 0 radical (unpaired) electrons. The molecule has 11 heteroatoms. The highest BCUT2D eigenvalue weighted by Crippen LogP contribution is 2.25. The molecule has 2 aromatic carbocycles. The molecule has 0 saturated carbocycles. The number of hydrogen-bond acceptors (Lipinski definition) is 4. The van der Waals surface area contributed by atoms with Crippen LogP contribution in [0, 0.1) is 5.82 Å². The van der Waals surface area contributed by atoms with Crippen LogP contribution in [0.1, 0.15) is 39.2 Å². The first kappa shape index (κ1) is 28.9. The molecule has 0 aliphatic carbocycles. The van der Waals surface area contributed by atoms with Crippen molar-refractivity contribution in [2.24, 2.45) is 0 Å². The summed E-state index contributed by atoms with van der Waals surface area (Å²) in [5.41, 5.74) is 0.754. The summed E-state index contributed by atoms with van der Waals surface area (Å²) in [5, 5.41) is 3.52. The van der Waals surface area contributed by atoms with Gasteiger partial charge in [0.05, 0.1) is 22.0 Å². The maximum Gasteiger partial charge on any atom is 0.244 e. The number of amides is 2. The largest absolute Gasteiger partial charge is 0.352 e. The van der Waals surface area contributed by atoms with Crippen molar-refractivity contribution < 1.29 is 22.4 Å². The number of carbonyl (C=O) groups excluding carboxylic acids is 2. The standard InChI is InChI=1S/C24H30Cl2FN3O4S/c1-5-16(3)28-24(32)22(6-2)29(14-17-7-12-20(25)21(26)13-17)23(31)15-30(35(4,33)34)19-10-8-18(27)9-11-19/h7-13,16,22H,5-6,14-15H2,1-4H3,(H,28,32)/t16-,22-/m1/s1. The highest BCUT2D eigenvalue weighted by Gasteiger charge is 2.32. The SMILES string of the molecule is CC[C@@H](C)NC(=O)[C@@H](CC)N(Cc1ccc(Cl)c(Cl)c1)C(=O)CN(c1ccc(F)cc1)S(C)(=O)=O. The molecule has 192 valence electrons. The zero-order chi connectivity index (χ0) is 26.3. The molecule has 0 unspecified atom stereocenters. The van der Waals surface area contributed by atoms with Gasteiger partial charge in [0, 0.05) is 12.6 Å². The number of hydrogen-bond donors (Lipinski definition) is 1. The molecule has 1 N–H and O–H groups in total. The van der Waals surface area contributed by atoms with Gasteiger partial charge in [-0.25, -0.2) is 12.8 Å². The van der Waals surface area contributed by atoms with E-state index in [9.17, 15) is 22.4 Å². The average Bonchev–Trinajstić information content (AvgIpc) is 2.79. The Balaban J connectivity index is 2.45. The van der Waals surface area contributed by atoms with Gasteiger partial charge in [-0.3, -0.25) is 13.9 Å². The Hall–Kier alpha value is -2.36. The Morgan fingerprint density at radius 2 is 1.66 bits per heavy atom. The fraction of sp³-hybridized carbons (Fsp3) is 0.417. The third kappa shape index (κ3) is 8.08. The van der Waals surface area contributed by atoms with E-state index in [-0.39, 0.29) is 29.2 Å². The van der Waals surface area contributed by atoms with Crippen LogP contribution in [0.25, 0.3) is 0 Å². The van der Waals surface area contributed by atoms with Crippen LogP contribution in [-0.4, -0.2) is 50.0 Å². The van der Waals surface area contributed by atoms with Crippen molar-refractivity contribution in [3.63, 3.8) is 0 Å². The lowest BCUT2D eigenvalue weighted by Crippen LogP contribution is -2.53. The van der Waals surface area contributed by atoms with Crippen LogP contribution in [0.15, 0.2) is 42.5 Å². The summed E-state index contributed by atoms with van der Waals surface area (Å²) >= 11 is 12.2. The Morgan fingerprint density at radius 3 is 2.17 bits per heavy atom. The second kappa shape index (κ2) is 12.6. The molecule has 0 saturated heterocycles. The number of rotatable bonds is 11. The zero-order valence-corrected chi connectivity index (χ0v) is 22.4. The van der Waals surface area contributed by atoms with Gasteiger partial charge >= 0.3 is 0 Å². The van der Waals surface area contributed by atoms with Gasteiger partial charge in [0.25, 0.3) is 0 Å². The predicted octanol–water partition coefficient (Wildman–Crippen LogP) is 4.62. The second-order valence-corrected chi connectivity index (χ2v) is 11.0. The number of halogens is 3. The van der Waals surface area contributed by atoms with Gasteiger partial charge in [-0.05, 0) is 61.7 Å². The van der Waals surface area contributed by atoms with Gasteiger partial charge in [0.2, 0.25) is 21.8 Å². The van der Waals surface area contributed by atoms with E-state index >= 15 is 0 Å². The molecule has 0 heterocycles. The molecule has 0 aliphatic rings. The number of nitrogens with one attached hydrogen (secondary N) is 1. The molecule has 0 spiro atoms. The van der Waals surface area contributed by atoms with E-state index in [1.807, 2.05) is 13.8 Å². The predicted molar refractivity (Wildman–Crippen MR) is 138 cm³/mol. The van der Waals surface area contributed by atoms with Crippen molar-refractivity contribution in [2.75, 3.05) is 17.1 Å². The van der Waals surface area contributed by atoms with Crippen molar-refractivity contribution in [1.82, 2.24) is 10.2 Å². The first-order valence-corrected chi connectivity index (χ1v) is 13.7. The first-order chi connectivity index (χ1) is 16.4. The lowest BCUT2D eigenvalue weighted by Gasteiger charge is -2.33. The normalized spacial score (nSPS) is 13.1. The number of sulfonamides is 1. The van der Waals surface area contributed by atoms with E-state index < -0.39 is 34.3 Å². The summed E-state index contributed by atoms with van der Waals surface area (Å²) in [6, 6.07) is 8.67. The second-order valence-electron chi connectivity index (χ2n) is 8.26. The van der Waals surface area contributed by atoms with Crippen LogP contribution in [0.2, 0.25) is 10.0 Å². The Labute approximate surface area is 216 Å². The fourth-order valence-electron chi connectivity index (χ4n) is 3.42. The van der Waals surface area contributed by atoms with Crippen LogP contribution in [0.5, 0.6) is 0 Å². The molecule has 2 atom stereocenters. The highest BCUT2D eigenvalue weighted by molar-refractivity contribution is 7.92. The van der Waals surface area contributed by atoms with Crippen molar-refractivity contribution in [3.8, 4) is 0 Å². The number of carbonyl (C=O) groups is 2. The smallest absolute Gasteiger partial charge is 0.244 e. The van der Waals surface area contributed by atoms with Gasteiger partial charge in [0.15, 0.2) is 0 Å². The van der Waals surface area contributed by atoms with Gasteiger partial charge in [-0.2, -0.15) is 0 Å². The van der Waals surface area contributed by atoms with E-state index in [0.29, 0.717) is 23.4 Å². The zero-order valence-electron chi connectivity index (χ0n) is 20.1. The molecule has 0 aromatic heterocycles. The van der Waals surface area contributed by atoms with Crippen LogP contribution >= 0.6 is 23.2 Å². The molecular formula is C24H30Cl2FN3O4S. The molecule has 0 bridgehead atoms. The maximum absolute atomic E-state index is 13.6. The average molecular weight is 546 g/mol. The quantitative estimate of drug-likeness (QED) is 0.446. The van der Waals surface area contributed by atoms with Gasteiger partial charge < -0.3 is 10.2 Å². The molecule has 2 aromatic rings. The summed E-state index contributed by atoms with van der Waals surface area (Å²) in [7, 11) is -3.90. The number of nitrogens with zero attached hydrogens (tertiary/aromatic N) is 2. The molecule has 2 rings (SSSR count). The van der Waals surface area contributed by atoms with E-state index in [1.165, 1.54) is 17.0 Å². The Morgan fingerprint density at radius 1 is 1.03 bits per heavy atom. The van der Waals surface area contributed by atoms with Crippen LogP contribution < -0.4 is 9.62 Å². The molecule has 0 fully saturated rings. The molecule has 2 amide bonds. The third-order valence-corrected chi connectivity index (χ3v) is 7.40.